The fraction of sp³-hybridized carbons (Fsp3) is 0.636. The number of guanidine groups is 1. The monoisotopic (exact) mass is 420 g/mol. The number of carbonyl (C=O) groups is 1. The van der Waals surface area contributed by atoms with E-state index in [9.17, 15) is 4.79 Å². The van der Waals surface area contributed by atoms with Gasteiger partial charge < -0.3 is 30.2 Å². The van der Waals surface area contributed by atoms with Crippen LogP contribution in [0.15, 0.2) is 17.1 Å². The van der Waals surface area contributed by atoms with E-state index in [-0.39, 0.29) is 5.91 Å². The molecule has 168 valence electrons. The van der Waals surface area contributed by atoms with E-state index in [1.165, 1.54) is 19.3 Å². The van der Waals surface area contributed by atoms with Crippen LogP contribution in [-0.4, -0.2) is 52.3 Å². The van der Waals surface area contributed by atoms with Crippen molar-refractivity contribution < 1.29 is 19.0 Å². The quantitative estimate of drug-likeness (QED) is 0.398. The lowest BCUT2D eigenvalue weighted by Crippen LogP contribution is -2.41. The van der Waals surface area contributed by atoms with E-state index in [2.05, 4.69) is 20.9 Å². The standard InChI is InChI=1S/C22H36N4O4/c1-5-23-22(24-12-11-20(27)26-17-9-7-6-8-10-17)25-15-16-13-18(28-2)21(30-4)19(14-16)29-3/h13-14,17H,5-12,15H2,1-4H3,(H,26,27)(H2,23,24,25). The number of nitrogens with one attached hydrogen (secondary N) is 3. The van der Waals surface area contributed by atoms with Crippen LogP contribution >= 0.6 is 0 Å². The zero-order chi connectivity index (χ0) is 21.8. The Hall–Kier alpha value is -2.64. The Bertz CT molecular complexity index is 677. The number of carbonyl (C=O) groups excluding carboxylic acids is 1. The van der Waals surface area contributed by atoms with Crippen LogP contribution in [0.5, 0.6) is 17.2 Å². The fourth-order valence-corrected chi connectivity index (χ4v) is 3.58. The van der Waals surface area contributed by atoms with E-state index in [4.69, 9.17) is 14.2 Å². The highest BCUT2D eigenvalue weighted by Crippen LogP contribution is 2.38. The molecule has 1 saturated carbocycles. The van der Waals surface area contributed by atoms with Crippen molar-refractivity contribution in [2.45, 2.75) is 58.0 Å². The Morgan fingerprint density at radius 2 is 1.70 bits per heavy atom. The summed E-state index contributed by atoms with van der Waals surface area (Å²) in [5.41, 5.74) is 0.928. The smallest absolute Gasteiger partial charge is 0.221 e. The summed E-state index contributed by atoms with van der Waals surface area (Å²) >= 11 is 0. The van der Waals surface area contributed by atoms with Crippen LogP contribution in [0.2, 0.25) is 0 Å². The molecule has 1 amide bonds. The maximum Gasteiger partial charge on any atom is 0.221 e. The van der Waals surface area contributed by atoms with Crippen molar-refractivity contribution in [2.75, 3.05) is 34.4 Å². The second-order valence-electron chi connectivity index (χ2n) is 7.31. The first-order valence-corrected chi connectivity index (χ1v) is 10.7. The molecular weight excluding hydrogens is 384 g/mol. The molecule has 0 aromatic heterocycles. The number of amides is 1. The molecule has 0 bridgehead atoms. The number of benzene rings is 1. The van der Waals surface area contributed by atoms with Crippen molar-refractivity contribution in [1.29, 1.82) is 0 Å². The third-order valence-electron chi connectivity index (χ3n) is 5.10. The van der Waals surface area contributed by atoms with E-state index >= 15 is 0 Å². The number of methoxy groups -OCH3 is 3. The minimum Gasteiger partial charge on any atom is -0.493 e. The third-order valence-corrected chi connectivity index (χ3v) is 5.10. The fourth-order valence-electron chi connectivity index (χ4n) is 3.58. The van der Waals surface area contributed by atoms with Gasteiger partial charge in [-0.1, -0.05) is 19.3 Å². The zero-order valence-electron chi connectivity index (χ0n) is 18.7. The summed E-state index contributed by atoms with van der Waals surface area (Å²) in [6, 6.07) is 4.10. The lowest BCUT2D eigenvalue weighted by Gasteiger charge is -2.22. The number of hydrogen-bond acceptors (Lipinski definition) is 5. The minimum absolute atomic E-state index is 0.0925. The summed E-state index contributed by atoms with van der Waals surface area (Å²) in [5.74, 6) is 2.51. The van der Waals surface area contributed by atoms with Crippen LogP contribution in [-0.2, 0) is 11.3 Å². The van der Waals surface area contributed by atoms with Crippen LogP contribution in [0, 0.1) is 0 Å². The number of hydrogen-bond donors (Lipinski definition) is 3. The number of ether oxygens (including phenoxy) is 3. The topological polar surface area (TPSA) is 93.2 Å². The molecular formula is C22H36N4O4. The molecule has 0 saturated heterocycles. The summed E-state index contributed by atoms with van der Waals surface area (Å²) in [6.45, 7) is 3.70. The highest BCUT2D eigenvalue weighted by atomic mass is 16.5. The minimum atomic E-state index is 0.0925. The van der Waals surface area contributed by atoms with Crippen LogP contribution in [0.4, 0.5) is 0 Å². The second kappa shape index (κ2) is 12.8. The van der Waals surface area contributed by atoms with Crippen molar-refractivity contribution in [3.05, 3.63) is 17.7 Å². The molecule has 2 rings (SSSR count). The summed E-state index contributed by atoms with van der Waals surface area (Å²) in [4.78, 5) is 16.8. The highest BCUT2D eigenvalue weighted by molar-refractivity contribution is 5.81. The van der Waals surface area contributed by atoms with Gasteiger partial charge in [0.1, 0.15) is 0 Å². The Morgan fingerprint density at radius 1 is 1.03 bits per heavy atom. The molecule has 8 nitrogen and oxygen atoms in total. The van der Waals surface area contributed by atoms with Gasteiger partial charge in [-0.2, -0.15) is 0 Å². The first-order chi connectivity index (χ1) is 14.6. The van der Waals surface area contributed by atoms with Gasteiger partial charge in [-0.25, -0.2) is 4.99 Å². The van der Waals surface area contributed by atoms with E-state index in [1.54, 1.807) is 21.3 Å². The molecule has 0 spiro atoms. The Balaban J connectivity index is 1.91. The molecule has 0 aliphatic heterocycles. The van der Waals surface area contributed by atoms with E-state index in [0.29, 0.717) is 48.8 Å². The maximum atomic E-state index is 12.2. The Kier molecular flexibility index (Phi) is 10.1. The van der Waals surface area contributed by atoms with Gasteiger partial charge in [-0.3, -0.25) is 4.79 Å². The molecule has 0 heterocycles. The molecule has 1 aliphatic rings. The predicted molar refractivity (Wildman–Crippen MR) is 119 cm³/mol. The van der Waals surface area contributed by atoms with Gasteiger partial charge in [-0.15, -0.1) is 0 Å². The van der Waals surface area contributed by atoms with Crippen molar-refractivity contribution in [2.24, 2.45) is 4.99 Å². The highest BCUT2D eigenvalue weighted by Gasteiger charge is 2.16. The molecule has 1 fully saturated rings. The van der Waals surface area contributed by atoms with Crippen molar-refractivity contribution in [3.8, 4) is 17.2 Å². The molecule has 0 radical (unpaired) electrons. The number of rotatable bonds is 10. The second-order valence-corrected chi connectivity index (χ2v) is 7.31. The molecule has 30 heavy (non-hydrogen) atoms. The summed E-state index contributed by atoms with van der Waals surface area (Å²) in [5, 5.41) is 9.58. The average Bonchev–Trinajstić information content (AvgIpc) is 2.77. The van der Waals surface area contributed by atoms with Crippen molar-refractivity contribution in [3.63, 3.8) is 0 Å². The Labute approximate surface area is 179 Å². The van der Waals surface area contributed by atoms with Crippen LogP contribution < -0.4 is 30.2 Å². The van der Waals surface area contributed by atoms with Crippen LogP contribution in [0.3, 0.4) is 0 Å². The lowest BCUT2D eigenvalue weighted by atomic mass is 9.95. The molecule has 8 heteroatoms. The van der Waals surface area contributed by atoms with Crippen molar-refractivity contribution >= 4 is 11.9 Å². The Morgan fingerprint density at radius 3 is 2.27 bits per heavy atom. The lowest BCUT2D eigenvalue weighted by molar-refractivity contribution is -0.121. The van der Waals surface area contributed by atoms with Crippen molar-refractivity contribution in [1.82, 2.24) is 16.0 Å². The first-order valence-electron chi connectivity index (χ1n) is 10.7. The molecule has 3 N–H and O–H groups in total. The normalized spacial score (nSPS) is 14.7. The zero-order valence-corrected chi connectivity index (χ0v) is 18.7. The van der Waals surface area contributed by atoms with Gasteiger partial charge in [0.05, 0.1) is 27.9 Å². The van der Waals surface area contributed by atoms with Crippen LogP contribution in [0.25, 0.3) is 0 Å². The third kappa shape index (κ3) is 7.31. The van der Waals surface area contributed by atoms with Gasteiger partial charge in [-0.05, 0) is 37.5 Å². The van der Waals surface area contributed by atoms with Gasteiger partial charge in [0.15, 0.2) is 17.5 Å². The first kappa shape index (κ1) is 23.6. The predicted octanol–water partition coefficient (Wildman–Crippen LogP) is 2.61. The summed E-state index contributed by atoms with van der Waals surface area (Å²) in [7, 11) is 4.76. The van der Waals surface area contributed by atoms with Gasteiger partial charge >= 0.3 is 0 Å². The largest absolute Gasteiger partial charge is 0.493 e. The SMILES string of the molecule is CCNC(=NCc1cc(OC)c(OC)c(OC)c1)NCCC(=O)NC1CCCCC1. The number of aliphatic imine (C=N–C) groups is 1. The van der Waals surface area contributed by atoms with E-state index in [1.807, 2.05) is 19.1 Å². The molecule has 0 atom stereocenters. The number of nitrogens with zero attached hydrogens (tertiary/aromatic N) is 1. The summed E-state index contributed by atoms with van der Waals surface area (Å²) < 4.78 is 16.2. The molecule has 1 aliphatic carbocycles. The average molecular weight is 421 g/mol. The van der Waals surface area contributed by atoms with E-state index in [0.717, 1.165) is 24.9 Å². The molecule has 1 aromatic carbocycles. The van der Waals surface area contributed by atoms with Gasteiger partial charge in [0.2, 0.25) is 11.7 Å². The van der Waals surface area contributed by atoms with Gasteiger partial charge in [0.25, 0.3) is 0 Å². The van der Waals surface area contributed by atoms with Crippen LogP contribution in [0.1, 0.15) is 51.0 Å². The molecule has 0 unspecified atom stereocenters. The van der Waals surface area contributed by atoms with E-state index < -0.39 is 0 Å². The molecule has 1 aromatic rings. The van der Waals surface area contributed by atoms with Gasteiger partial charge in [0, 0.05) is 25.6 Å². The summed E-state index contributed by atoms with van der Waals surface area (Å²) in [6.07, 6.45) is 6.31. The maximum absolute atomic E-state index is 12.2.